The van der Waals surface area contributed by atoms with Gasteiger partial charge in [0.15, 0.2) is 0 Å². The van der Waals surface area contributed by atoms with E-state index in [1.807, 2.05) is 42.6 Å². The summed E-state index contributed by atoms with van der Waals surface area (Å²) in [6.07, 6.45) is 11.0. The lowest BCUT2D eigenvalue weighted by Crippen LogP contribution is -2.38. The molecule has 4 saturated carbocycles. The zero-order valence-corrected chi connectivity index (χ0v) is 69.9. The Kier molecular flexibility index (Phi) is 32.0. The van der Waals surface area contributed by atoms with E-state index in [1.165, 1.54) is 205 Å². The Hall–Kier alpha value is -4.51. The van der Waals surface area contributed by atoms with Crippen LogP contribution in [0.5, 0.6) is 0 Å². The van der Waals surface area contributed by atoms with Crippen LogP contribution < -0.4 is 0 Å². The first-order valence-electron chi connectivity index (χ1n) is 37.9. The maximum atomic E-state index is 13.8. The number of benzene rings is 4. The van der Waals surface area contributed by atoms with Gasteiger partial charge in [-0.25, -0.2) is 4.39 Å². The molecule has 0 nitrogen and oxygen atoms in total. The second-order valence-corrected chi connectivity index (χ2v) is 37.9. The minimum Gasteiger partial charge on any atom is -0.244 e. The van der Waals surface area contributed by atoms with Crippen LogP contribution in [0.15, 0.2) is 66.7 Å². The number of halogens is 7. The Labute approximate surface area is 622 Å². The van der Waals surface area contributed by atoms with E-state index in [-0.39, 0.29) is 25.2 Å². The van der Waals surface area contributed by atoms with Gasteiger partial charge in [0.25, 0.3) is 0 Å². The van der Waals surface area contributed by atoms with Crippen molar-refractivity contribution in [3.8, 4) is 0 Å². The standard InChI is InChI=1S/C17H23F3.C16H23F.C15H22.C14H20.C11H15F3S.C11H18S.C7H10S/c1-11-9-15(10-12(2)13(11)3)14-5-7-16(4,8-6-14)17(18,19)20;1-11-9-15(10-12(2)13(11)3)14-5-7-16(4,17)8-6-14;1-11-9-15(10-12(2)13(11)3)14-7-5-4-6-8-14;1-10-8-14(9-11(2)12(10)3)13-6-4-5-7-13;1-7-5-9(15-8(7)2)6-10(3,4)11(12,13)14;1-8-6-10(12-9(8)2)7-11(3,4)5;1-5-4-6(2)8-7(5)3/h9-10,14H,5-8H2,1-4H3;9-10,14H,5-8H2,1-4H3;9-10,14H,4-8H2,1-3H3;8-9,13H,4-7H2,1-3H3;5H,6H2,1-4H3;6H,7H2,1-5H3;4H,1-3H3. The van der Waals surface area contributed by atoms with Crippen molar-refractivity contribution in [2.24, 2.45) is 16.2 Å². The van der Waals surface area contributed by atoms with Crippen LogP contribution in [0.4, 0.5) is 30.7 Å². The normalized spacial score (nSPS) is 19.7. The summed E-state index contributed by atoms with van der Waals surface area (Å²) in [6, 6.07) is 24.9. The first kappa shape index (κ1) is 87.1. The molecule has 0 N–H and O–H groups in total. The second kappa shape index (κ2) is 37.2. The predicted octanol–water partition coefficient (Wildman–Crippen LogP) is 30.9. The van der Waals surface area contributed by atoms with E-state index >= 15 is 0 Å². The molecule has 4 aromatic carbocycles. The highest BCUT2D eigenvalue weighted by atomic mass is 32.1. The van der Waals surface area contributed by atoms with Gasteiger partial charge < -0.3 is 0 Å². The van der Waals surface area contributed by atoms with Crippen LogP contribution in [0, 0.1) is 148 Å². The van der Waals surface area contributed by atoms with Gasteiger partial charge >= 0.3 is 12.4 Å². The molecular formula is C91H131F7S3. The summed E-state index contributed by atoms with van der Waals surface area (Å²) in [6.45, 7) is 53.4. The Morgan fingerprint density at radius 1 is 0.337 bits per heavy atom. The molecule has 0 bridgehead atoms. The highest BCUT2D eigenvalue weighted by Crippen LogP contribution is 2.52. The minimum atomic E-state index is -4.14. The first-order chi connectivity index (χ1) is 46.6. The molecule has 562 valence electrons. The molecule has 10 heteroatoms. The van der Waals surface area contributed by atoms with Crippen molar-refractivity contribution in [3.05, 3.63) is 202 Å². The van der Waals surface area contributed by atoms with Crippen LogP contribution in [0.2, 0.25) is 0 Å². The Bertz CT molecular complexity index is 3590. The number of hydrogen-bond donors (Lipinski definition) is 0. The summed E-state index contributed by atoms with van der Waals surface area (Å²) in [5.74, 6) is 2.55. The van der Waals surface area contributed by atoms with Gasteiger partial charge in [0, 0.05) is 29.3 Å². The van der Waals surface area contributed by atoms with E-state index < -0.39 is 28.9 Å². The van der Waals surface area contributed by atoms with Gasteiger partial charge in [-0.3, -0.25) is 0 Å². The Balaban J connectivity index is 0.000000215. The van der Waals surface area contributed by atoms with E-state index in [9.17, 15) is 30.7 Å². The van der Waals surface area contributed by atoms with Crippen molar-refractivity contribution in [3.63, 3.8) is 0 Å². The van der Waals surface area contributed by atoms with Gasteiger partial charge in [-0.15, -0.1) is 34.0 Å². The lowest BCUT2D eigenvalue weighted by Gasteiger charge is -2.39. The number of aryl methyl sites for hydroxylation is 15. The molecule has 3 heterocycles. The van der Waals surface area contributed by atoms with Crippen molar-refractivity contribution in [2.45, 2.75) is 344 Å². The number of thiophene rings is 3. The maximum absolute atomic E-state index is 13.8. The van der Waals surface area contributed by atoms with Crippen LogP contribution in [0.25, 0.3) is 0 Å². The van der Waals surface area contributed by atoms with E-state index in [0.29, 0.717) is 37.0 Å². The monoisotopic (exact) mass is 1450 g/mol. The summed E-state index contributed by atoms with van der Waals surface area (Å²) >= 11 is 5.27. The lowest BCUT2D eigenvalue weighted by atomic mass is 9.69. The molecule has 4 fully saturated rings. The summed E-state index contributed by atoms with van der Waals surface area (Å²) in [4.78, 5) is 7.77. The number of rotatable bonds is 7. The molecule has 0 unspecified atom stereocenters. The fourth-order valence-corrected chi connectivity index (χ4v) is 18.2. The van der Waals surface area contributed by atoms with Crippen molar-refractivity contribution >= 4 is 34.0 Å². The van der Waals surface area contributed by atoms with Crippen LogP contribution >= 0.6 is 34.0 Å². The molecule has 0 spiro atoms. The zero-order chi connectivity index (χ0) is 76.1. The highest BCUT2D eigenvalue weighted by molar-refractivity contribution is 7.12. The molecule has 0 aliphatic heterocycles. The molecule has 101 heavy (non-hydrogen) atoms. The summed E-state index contributed by atoms with van der Waals surface area (Å²) in [5, 5.41) is 0. The fraction of sp³-hybridized carbons (Fsp3) is 0.604. The van der Waals surface area contributed by atoms with Crippen molar-refractivity contribution < 1.29 is 30.7 Å². The van der Waals surface area contributed by atoms with E-state index in [1.54, 1.807) is 18.1 Å². The smallest absolute Gasteiger partial charge is 0.244 e. The molecule has 11 rings (SSSR count). The molecule has 3 aromatic heterocycles. The minimum absolute atomic E-state index is 0.0653. The second-order valence-electron chi connectivity index (χ2n) is 33.8. The first-order valence-corrected chi connectivity index (χ1v) is 40.3. The lowest BCUT2D eigenvalue weighted by molar-refractivity contribution is -0.228. The molecule has 0 radical (unpaired) electrons. The molecular weight excluding hydrogens is 1320 g/mol. The van der Waals surface area contributed by atoms with Crippen LogP contribution in [0.3, 0.4) is 0 Å². The number of hydrogen-bond acceptors (Lipinski definition) is 3. The average molecular weight is 1450 g/mol. The maximum Gasteiger partial charge on any atom is 0.394 e. The Morgan fingerprint density at radius 3 is 0.842 bits per heavy atom. The zero-order valence-electron chi connectivity index (χ0n) is 67.5. The molecule has 0 atom stereocenters. The van der Waals surface area contributed by atoms with Gasteiger partial charge in [0.2, 0.25) is 0 Å². The molecule has 0 saturated heterocycles. The predicted molar refractivity (Wildman–Crippen MR) is 429 cm³/mol. The van der Waals surface area contributed by atoms with Gasteiger partial charge in [-0.1, -0.05) is 122 Å². The molecule has 4 aliphatic rings. The summed E-state index contributed by atoms with van der Waals surface area (Å²) in [7, 11) is 0. The quantitative estimate of drug-likeness (QED) is 0.140. The van der Waals surface area contributed by atoms with E-state index in [2.05, 4.69) is 199 Å². The topological polar surface area (TPSA) is 0 Å². The molecule has 0 amide bonds. The molecule has 4 aliphatic carbocycles. The third-order valence-electron chi connectivity index (χ3n) is 23.3. The van der Waals surface area contributed by atoms with Crippen molar-refractivity contribution in [1.82, 2.24) is 0 Å². The van der Waals surface area contributed by atoms with Gasteiger partial charge in [0.05, 0.1) is 10.8 Å². The van der Waals surface area contributed by atoms with Crippen LogP contribution in [-0.4, -0.2) is 18.0 Å². The largest absolute Gasteiger partial charge is 0.394 e. The highest BCUT2D eigenvalue weighted by Gasteiger charge is 2.52. The fourth-order valence-electron chi connectivity index (χ4n) is 14.6. The van der Waals surface area contributed by atoms with Crippen LogP contribution in [0.1, 0.15) is 316 Å². The van der Waals surface area contributed by atoms with E-state index in [0.717, 1.165) is 40.0 Å². The number of alkyl halides is 7. The van der Waals surface area contributed by atoms with Crippen molar-refractivity contribution in [1.29, 1.82) is 0 Å². The van der Waals surface area contributed by atoms with Gasteiger partial charge in [-0.05, 0) is 381 Å². The van der Waals surface area contributed by atoms with E-state index in [4.69, 9.17) is 0 Å². The van der Waals surface area contributed by atoms with Crippen LogP contribution in [-0.2, 0) is 12.8 Å². The third-order valence-corrected chi connectivity index (χ3v) is 26.6. The molecule has 7 aromatic rings. The van der Waals surface area contributed by atoms with Gasteiger partial charge in [0.1, 0.15) is 5.67 Å². The Morgan fingerprint density at radius 2 is 0.604 bits per heavy atom. The summed E-state index contributed by atoms with van der Waals surface area (Å²) < 4.78 is 90.8. The average Bonchev–Trinajstić information content (AvgIpc) is 1.55. The summed E-state index contributed by atoms with van der Waals surface area (Å²) in [5.41, 5.74) is 22.8. The van der Waals surface area contributed by atoms with Gasteiger partial charge in [-0.2, -0.15) is 26.3 Å². The van der Waals surface area contributed by atoms with Crippen molar-refractivity contribution in [2.75, 3.05) is 0 Å². The SMILES string of the molecule is Cc1cc(C)c(C)s1.Cc1cc(C2CCC(C)(C(F)(F)F)CC2)cc(C)c1C.Cc1cc(C2CCC(C)(F)CC2)cc(C)c1C.Cc1cc(C2CCCC2)cc(C)c1C.Cc1cc(C2CCCCC2)cc(C)c1C.Cc1cc(CC(C)(C)C(F)(F)F)sc1C.Cc1cc(CC(C)(C)C)sc1C. The third kappa shape index (κ3) is 26.2.